The third kappa shape index (κ3) is 4.09. The van der Waals surface area contributed by atoms with Crippen molar-refractivity contribution in [3.63, 3.8) is 0 Å². The topological polar surface area (TPSA) is 46.3 Å². The Hall–Kier alpha value is -0.570. The van der Waals surface area contributed by atoms with Gasteiger partial charge in [0.1, 0.15) is 0 Å². The van der Waals surface area contributed by atoms with E-state index in [-0.39, 0.29) is 23.4 Å². The normalized spacial score (nSPS) is 16.2. The number of nitrogens with two attached hydrogens (primary N) is 1. The van der Waals surface area contributed by atoms with Crippen molar-refractivity contribution in [2.75, 3.05) is 7.05 Å². The van der Waals surface area contributed by atoms with Crippen LogP contribution in [-0.2, 0) is 4.79 Å². The van der Waals surface area contributed by atoms with Crippen LogP contribution in [0, 0.1) is 5.41 Å². The zero-order valence-corrected chi connectivity index (χ0v) is 10.3. The van der Waals surface area contributed by atoms with Gasteiger partial charge in [0, 0.05) is 25.6 Å². The second-order valence-electron chi connectivity index (χ2n) is 5.23. The van der Waals surface area contributed by atoms with Crippen molar-refractivity contribution in [1.29, 1.82) is 0 Å². The summed E-state index contributed by atoms with van der Waals surface area (Å²) in [5.74, 6) is 0.127. The number of carbonyl (C=O) groups is 1. The van der Waals surface area contributed by atoms with Crippen molar-refractivity contribution in [1.82, 2.24) is 4.90 Å². The minimum Gasteiger partial charge on any atom is -0.342 e. The maximum Gasteiger partial charge on any atom is 0.224 e. The van der Waals surface area contributed by atoms with Crippen molar-refractivity contribution in [2.45, 2.75) is 53.1 Å². The summed E-state index contributed by atoms with van der Waals surface area (Å²) in [5, 5.41) is 0. The molecule has 3 heteroatoms. The maximum absolute atomic E-state index is 11.7. The van der Waals surface area contributed by atoms with Crippen molar-refractivity contribution in [3.05, 3.63) is 0 Å². The van der Waals surface area contributed by atoms with Crippen LogP contribution in [0.3, 0.4) is 0 Å². The van der Waals surface area contributed by atoms with E-state index in [4.69, 9.17) is 5.73 Å². The van der Waals surface area contributed by atoms with Crippen LogP contribution in [0.1, 0.15) is 41.0 Å². The molecule has 3 nitrogen and oxygen atoms in total. The first-order chi connectivity index (χ1) is 6.16. The Labute approximate surface area is 87.6 Å². The van der Waals surface area contributed by atoms with Gasteiger partial charge in [0.15, 0.2) is 0 Å². The minimum absolute atomic E-state index is 0.0582. The molecule has 0 saturated carbocycles. The molecular weight excluding hydrogens is 176 g/mol. The highest BCUT2D eigenvalue weighted by Crippen LogP contribution is 2.23. The largest absolute Gasteiger partial charge is 0.342 e. The molecule has 0 heterocycles. The summed E-state index contributed by atoms with van der Waals surface area (Å²) in [5.41, 5.74) is 5.71. The van der Waals surface area contributed by atoms with E-state index < -0.39 is 0 Å². The summed E-state index contributed by atoms with van der Waals surface area (Å²) in [6.45, 7) is 10.3. The molecular formula is C11H24N2O. The van der Waals surface area contributed by atoms with Gasteiger partial charge in [-0.1, -0.05) is 20.8 Å². The fourth-order valence-corrected chi connectivity index (χ4v) is 1.22. The lowest BCUT2D eigenvalue weighted by Gasteiger charge is -2.35. The number of hydrogen-bond acceptors (Lipinski definition) is 2. The average Bonchev–Trinajstić information content (AvgIpc) is 1.98. The predicted molar refractivity (Wildman–Crippen MR) is 60.0 cm³/mol. The molecule has 0 rings (SSSR count). The molecule has 2 N–H and O–H groups in total. The number of carbonyl (C=O) groups excluding carboxylic acids is 1. The average molecular weight is 200 g/mol. The summed E-state index contributed by atoms with van der Waals surface area (Å²) >= 11 is 0. The van der Waals surface area contributed by atoms with Gasteiger partial charge in [0.2, 0.25) is 5.91 Å². The van der Waals surface area contributed by atoms with E-state index in [1.807, 2.05) is 14.0 Å². The molecule has 0 radical (unpaired) electrons. The number of amides is 1. The van der Waals surface area contributed by atoms with Gasteiger partial charge >= 0.3 is 0 Å². The standard InChI is InChI=1S/C11H24N2O/c1-8(12)7-10(14)13(6)9(2)11(3,4)5/h8-9H,7,12H2,1-6H3. The summed E-state index contributed by atoms with van der Waals surface area (Å²) in [4.78, 5) is 13.5. The fraction of sp³-hybridized carbons (Fsp3) is 0.909. The van der Waals surface area contributed by atoms with E-state index in [2.05, 4.69) is 27.7 Å². The van der Waals surface area contributed by atoms with Crippen LogP contribution in [0.15, 0.2) is 0 Å². The van der Waals surface area contributed by atoms with Crippen LogP contribution in [0.25, 0.3) is 0 Å². The lowest BCUT2D eigenvalue weighted by Crippen LogP contribution is -2.44. The van der Waals surface area contributed by atoms with Crippen molar-refractivity contribution in [3.8, 4) is 0 Å². The Morgan fingerprint density at radius 1 is 1.36 bits per heavy atom. The smallest absolute Gasteiger partial charge is 0.224 e. The SMILES string of the molecule is CC(N)CC(=O)N(C)C(C)C(C)(C)C. The molecule has 84 valence electrons. The lowest BCUT2D eigenvalue weighted by molar-refractivity contribution is -0.133. The van der Waals surface area contributed by atoms with Gasteiger partial charge in [-0.3, -0.25) is 4.79 Å². The molecule has 2 unspecified atom stereocenters. The molecule has 0 bridgehead atoms. The van der Waals surface area contributed by atoms with Crippen molar-refractivity contribution >= 4 is 5.91 Å². The van der Waals surface area contributed by atoms with Crippen LogP contribution in [0.4, 0.5) is 0 Å². The Morgan fingerprint density at radius 2 is 1.79 bits per heavy atom. The van der Waals surface area contributed by atoms with Crippen LogP contribution in [0.2, 0.25) is 0 Å². The summed E-state index contributed by atoms with van der Waals surface area (Å²) < 4.78 is 0. The van der Waals surface area contributed by atoms with E-state index in [1.54, 1.807) is 4.90 Å². The monoisotopic (exact) mass is 200 g/mol. The molecule has 0 aromatic carbocycles. The maximum atomic E-state index is 11.7. The number of hydrogen-bond donors (Lipinski definition) is 1. The third-order valence-electron chi connectivity index (χ3n) is 2.72. The Kier molecular flexibility index (Phi) is 4.59. The first-order valence-corrected chi connectivity index (χ1v) is 5.17. The van der Waals surface area contributed by atoms with E-state index in [9.17, 15) is 4.79 Å². The zero-order valence-electron chi connectivity index (χ0n) is 10.3. The van der Waals surface area contributed by atoms with Crippen LogP contribution in [0.5, 0.6) is 0 Å². The first kappa shape index (κ1) is 13.4. The van der Waals surface area contributed by atoms with Gasteiger partial charge in [0.05, 0.1) is 0 Å². The molecule has 0 aliphatic rings. The van der Waals surface area contributed by atoms with Gasteiger partial charge in [-0.05, 0) is 19.3 Å². The Bertz CT molecular complexity index is 194. The molecule has 0 aromatic heterocycles. The minimum atomic E-state index is -0.0582. The molecule has 14 heavy (non-hydrogen) atoms. The van der Waals surface area contributed by atoms with Gasteiger partial charge < -0.3 is 10.6 Å². The molecule has 0 saturated heterocycles. The van der Waals surface area contributed by atoms with Gasteiger partial charge in [0.25, 0.3) is 0 Å². The highest BCUT2D eigenvalue weighted by atomic mass is 16.2. The summed E-state index contributed by atoms with van der Waals surface area (Å²) in [6.07, 6.45) is 0.428. The lowest BCUT2D eigenvalue weighted by atomic mass is 9.87. The van der Waals surface area contributed by atoms with E-state index in [0.29, 0.717) is 6.42 Å². The molecule has 0 spiro atoms. The highest BCUT2D eigenvalue weighted by Gasteiger charge is 2.26. The van der Waals surface area contributed by atoms with Gasteiger partial charge in [-0.15, -0.1) is 0 Å². The predicted octanol–water partition coefficient (Wildman–Crippen LogP) is 1.62. The molecule has 0 aliphatic carbocycles. The van der Waals surface area contributed by atoms with Crippen LogP contribution in [-0.4, -0.2) is 29.9 Å². The molecule has 0 aromatic rings. The zero-order chi connectivity index (χ0) is 11.5. The summed E-state index contributed by atoms with van der Waals surface area (Å²) in [7, 11) is 1.85. The Morgan fingerprint density at radius 3 is 2.07 bits per heavy atom. The van der Waals surface area contributed by atoms with Gasteiger partial charge in [-0.2, -0.15) is 0 Å². The molecule has 2 atom stereocenters. The quantitative estimate of drug-likeness (QED) is 0.752. The van der Waals surface area contributed by atoms with E-state index >= 15 is 0 Å². The van der Waals surface area contributed by atoms with Crippen LogP contribution < -0.4 is 5.73 Å². The second-order valence-corrected chi connectivity index (χ2v) is 5.23. The number of nitrogens with zero attached hydrogens (tertiary/aromatic N) is 1. The molecule has 1 amide bonds. The van der Waals surface area contributed by atoms with Crippen molar-refractivity contribution < 1.29 is 4.79 Å². The van der Waals surface area contributed by atoms with Crippen LogP contribution >= 0.6 is 0 Å². The van der Waals surface area contributed by atoms with Gasteiger partial charge in [-0.25, -0.2) is 0 Å². The van der Waals surface area contributed by atoms with E-state index in [1.165, 1.54) is 0 Å². The summed E-state index contributed by atoms with van der Waals surface area (Å²) in [6, 6.07) is 0.172. The highest BCUT2D eigenvalue weighted by molar-refractivity contribution is 5.76. The Balaban J connectivity index is 4.32. The molecule has 0 aliphatic heterocycles. The molecule has 0 fully saturated rings. The first-order valence-electron chi connectivity index (χ1n) is 5.17. The third-order valence-corrected chi connectivity index (χ3v) is 2.72. The number of rotatable bonds is 3. The van der Waals surface area contributed by atoms with E-state index in [0.717, 1.165) is 0 Å². The fourth-order valence-electron chi connectivity index (χ4n) is 1.22. The van der Waals surface area contributed by atoms with Crippen molar-refractivity contribution in [2.24, 2.45) is 11.1 Å². The second kappa shape index (κ2) is 4.78.